The highest BCUT2D eigenvalue weighted by Gasteiger charge is 2.34. The van der Waals surface area contributed by atoms with Gasteiger partial charge >= 0.3 is 0 Å². The lowest BCUT2D eigenvalue weighted by molar-refractivity contribution is 0.133. The van der Waals surface area contributed by atoms with Crippen LogP contribution in [0.5, 0.6) is 0 Å². The Hall–Kier alpha value is -2.06. The summed E-state index contributed by atoms with van der Waals surface area (Å²) in [6.45, 7) is 5.57. The molecule has 0 N–H and O–H groups in total. The molecule has 2 heteroatoms. The fraction of sp³-hybridized carbons (Fsp3) is 0.364. The van der Waals surface area contributed by atoms with Crippen molar-refractivity contribution in [2.75, 3.05) is 6.54 Å². The molecule has 2 nitrogen and oxygen atoms in total. The van der Waals surface area contributed by atoms with Gasteiger partial charge in [0, 0.05) is 36.2 Å². The molecule has 0 radical (unpaired) electrons. The van der Waals surface area contributed by atoms with Crippen LogP contribution in [0.2, 0.25) is 0 Å². The van der Waals surface area contributed by atoms with Gasteiger partial charge < -0.3 is 4.57 Å². The van der Waals surface area contributed by atoms with E-state index >= 15 is 0 Å². The second-order valence-electron chi connectivity index (χ2n) is 7.40. The third kappa shape index (κ3) is 2.13. The number of hydrogen-bond acceptors (Lipinski definition) is 1. The van der Waals surface area contributed by atoms with E-state index in [2.05, 4.69) is 64.9 Å². The van der Waals surface area contributed by atoms with Crippen LogP contribution in [0.4, 0.5) is 0 Å². The van der Waals surface area contributed by atoms with Gasteiger partial charge in [0.15, 0.2) is 0 Å². The van der Waals surface area contributed by atoms with E-state index in [-0.39, 0.29) is 0 Å². The van der Waals surface area contributed by atoms with E-state index in [1.165, 1.54) is 41.3 Å². The third-order valence-electron chi connectivity index (χ3n) is 5.87. The van der Waals surface area contributed by atoms with Crippen LogP contribution in [-0.2, 0) is 19.5 Å². The van der Waals surface area contributed by atoms with Gasteiger partial charge in [0.1, 0.15) is 0 Å². The molecule has 2 aromatic carbocycles. The van der Waals surface area contributed by atoms with Crippen molar-refractivity contribution >= 4 is 10.9 Å². The number of nitrogens with zero attached hydrogens (tertiary/aromatic N) is 2. The normalized spacial score (nSPS) is 20.3. The molecule has 122 valence electrons. The molecule has 0 spiro atoms. The zero-order chi connectivity index (χ0) is 16.1. The van der Waals surface area contributed by atoms with E-state index < -0.39 is 0 Å². The van der Waals surface area contributed by atoms with Gasteiger partial charge in [-0.3, -0.25) is 4.90 Å². The summed E-state index contributed by atoms with van der Waals surface area (Å²) in [5, 5.41) is 1.51. The zero-order valence-corrected chi connectivity index (χ0v) is 14.3. The first-order valence-electron chi connectivity index (χ1n) is 9.21. The highest BCUT2D eigenvalue weighted by atomic mass is 15.2. The predicted molar refractivity (Wildman–Crippen MR) is 99.2 cm³/mol. The fourth-order valence-corrected chi connectivity index (χ4v) is 4.80. The lowest BCUT2D eigenvalue weighted by atomic mass is 9.89. The number of hydrogen-bond donors (Lipinski definition) is 0. The molecule has 24 heavy (non-hydrogen) atoms. The topological polar surface area (TPSA) is 8.17 Å². The first kappa shape index (κ1) is 14.3. The van der Waals surface area contributed by atoms with E-state index in [1.54, 1.807) is 11.3 Å². The van der Waals surface area contributed by atoms with Crippen LogP contribution in [0.3, 0.4) is 0 Å². The quantitative estimate of drug-likeness (QED) is 0.656. The average Bonchev–Trinajstić information content (AvgIpc) is 2.93. The standard InChI is InChI=1S/C22H24N2/c1-16-10-11-20-19(14-16)18-8-5-9-21-22(18)24(20)13-12-23(21)15-17-6-3-2-4-7-17/h2-4,6-7,10-11,14,21H,5,8-9,12-13,15H2,1H3/t21-/m1/s1. The average molecular weight is 316 g/mol. The van der Waals surface area contributed by atoms with Crippen molar-refractivity contribution in [3.05, 3.63) is 70.9 Å². The summed E-state index contributed by atoms with van der Waals surface area (Å²) in [4.78, 5) is 2.71. The van der Waals surface area contributed by atoms with Crippen molar-refractivity contribution in [1.82, 2.24) is 9.47 Å². The van der Waals surface area contributed by atoms with Gasteiger partial charge in [0.2, 0.25) is 0 Å². The monoisotopic (exact) mass is 316 g/mol. The van der Waals surface area contributed by atoms with Crippen LogP contribution in [0.1, 0.15) is 41.3 Å². The van der Waals surface area contributed by atoms with Crippen molar-refractivity contribution in [3.8, 4) is 0 Å². The molecule has 3 aromatic rings. The molecule has 5 rings (SSSR count). The molecule has 1 atom stereocenters. The fourth-order valence-electron chi connectivity index (χ4n) is 4.80. The maximum absolute atomic E-state index is 2.71. The number of fused-ring (bicyclic) bond motifs is 3. The Morgan fingerprint density at radius 3 is 2.79 bits per heavy atom. The molecule has 0 fully saturated rings. The Bertz CT molecular complexity index is 891. The highest BCUT2D eigenvalue weighted by Crippen LogP contribution is 2.43. The second kappa shape index (κ2) is 5.49. The van der Waals surface area contributed by atoms with Gasteiger partial charge in [-0.15, -0.1) is 0 Å². The van der Waals surface area contributed by atoms with Crippen molar-refractivity contribution in [1.29, 1.82) is 0 Å². The van der Waals surface area contributed by atoms with E-state index in [0.29, 0.717) is 6.04 Å². The molecule has 1 aliphatic heterocycles. The Labute approximate surface area is 143 Å². The molecule has 2 aliphatic rings. The lowest BCUT2D eigenvalue weighted by Crippen LogP contribution is -2.39. The highest BCUT2D eigenvalue weighted by molar-refractivity contribution is 5.87. The van der Waals surface area contributed by atoms with Crippen LogP contribution in [0.15, 0.2) is 48.5 Å². The van der Waals surface area contributed by atoms with Crippen molar-refractivity contribution in [3.63, 3.8) is 0 Å². The maximum atomic E-state index is 2.71. The van der Waals surface area contributed by atoms with Crippen LogP contribution in [0, 0.1) is 6.92 Å². The maximum Gasteiger partial charge on any atom is 0.0508 e. The first-order valence-corrected chi connectivity index (χ1v) is 9.21. The van der Waals surface area contributed by atoms with Gasteiger partial charge in [0.05, 0.1) is 6.04 Å². The van der Waals surface area contributed by atoms with Gasteiger partial charge in [-0.05, 0) is 49.4 Å². The summed E-state index contributed by atoms with van der Waals surface area (Å²) >= 11 is 0. The molecule has 0 bridgehead atoms. The number of aromatic nitrogens is 1. The summed E-state index contributed by atoms with van der Waals surface area (Å²) < 4.78 is 2.62. The summed E-state index contributed by atoms with van der Waals surface area (Å²) in [5.41, 5.74) is 7.51. The van der Waals surface area contributed by atoms with Gasteiger partial charge in [-0.1, -0.05) is 42.0 Å². The molecule has 1 aromatic heterocycles. The summed E-state index contributed by atoms with van der Waals surface area (Å²) in [6.07, 6.45) is 3.86. The van der Waals surface area contributed by atoms with Crippen LogP contribution in [-0.4, -0.2) is 16.0 Å². The molecular formula is C22H24N2. The van der Waals surface area contributed by atoms with Crippen molar-refractivity contribution in [2.45, 2.75) is 45.3 Å². The first-order chi connectivity index (χ1) is 11.8. The Balaban J connectivity index is 1.60. The van der Waals surface area contributed by atoms with E-state index in [0.717, 1.165) is 19.6 Å². The summed E-state index contributed by atoms with van der Waals surface area (Å²) in [6, 6.07) is 18.6. The number of benzene rings is 2. The number of aryl methyl sites for hydroxylation is 2. The smallest absolute Gasteiger partial charge is 0.0508 e. The lowest BCUT2D eigenvalue weighted by Gasteiger charge is -2.40. The molecule has 0 unspecified atom stereocenters. The van der Waals surface area contributed by atoms with Crippen LogP contribution < -0.4 is 0 Å². The molecular weight excluding hydrogens is 292 g/mol. The van der Waals surface area contributed by atoms with E-state index in [1.807, 2.05) is 0 Å². The Morgan fingerprint density at radius 1 is 1.04 bits per heavy atom. The van der Waals surface area contributed by atoms with E-state index in [4.69, 9.17) is 0 Å². The van der Waals surface area contributed by atoms with Gasteiger partial charge in [-0.25, -0.2) is 0 Å². The third-order valence-corrected chi connectivity index (χ3v) is 5.87. The molecule has 0 saturated heterocycles. The van der Waals surface area contributed by atoms with Gasteiger partial charge in [0.25, 0.3) is 0 Å². The predicted octanol–water partition coefficient (Wildman–Crippen LogP) is 4.84. The number of rotatable bonds is 2. The van der Waals surface area contributed by atoms with E-state index in [9.17, 15) is 0 Å². The summed E-state index contributed by atoms with van der Waals surface area (Å²) in [7, 11) is 0. The second-order valence-corrected chi connectivity index (χ2v) is 7.40. The van der Waals surface area contributed by atoms with Crippen molar-refractivity contribution in [2.24, 2.45) is 0 Å². The molecule has 0 saturated carbocycles. The zero-order valence-electron chi connectivity index (χ0n) is 14.3. The molecule has 2 heterocycles. The Morgan fingerprint density at radius 2 is 1.92 bits per heavy atom. The largest absolute Gasteiger partial charge is 0.342 e. The summed E-state index contributed by atoms with van der Waals surface area (Å²) in [5.74, 6) is 0. The van der Waals surface area contributed by atoms with Crippen molar-refractivity contribution < 1.29 is 0 Å². The minimum atomic E-state index is 0.593. The minimum absolute atomic E-state index is 0.593. The molecule has 1 aliphatic carbocycles. The minimum Gasteiger partial charge on any atom is -0.342 e. The SMILES string of the molecule is Cc1ccc2c(c1)c1c3n2CCN(Cc2ccccc2)[C@@H]3CCC1. The van der Waals surface area contributed by atoms with Gasteiger partial charge in [-0.2, -0.15) is 0 Å². The van der Waals surface area contributed by atoms with Crippen LogP contribution in [0.25, 0.3) is 10.9 Å². The van der Waals surface area contributed by atoms with Crippen LogP contribution >= 0.6 is 0 Å². The molecule has 0 amide bonds. The Kier molecular flexibility index (Phi) is 3.27.